The topological polar surface area (TPSA) is 21.3 Å². The molecule has 0 spiro atoms. The number of hydrogen-bond donors (Lipinski definition) is 1. The van der Waals surface area contributed by atoms with E-state index in [0.29, 0.717) is 6.61 Å². The number of rotatable bonds is 6. The summed E-state index contributed by atoms with van der Waals surface area (Å²) in [6.45, 7) is 4.25. The van der Waals surface area contributed by atoms with Crippen molar-refractivity contribution in [2.45, 2.75) is 20.1 Å². The third-order valence-corrected chi connectivity index (χ3v) is 4.03. The molecular weight excluding hydrogens is 301 g/mol. The minimum atomic E-state index is 0.526. The predicted octanol–water partition coefficient (Wildman–Crippen LogP) is 4.74. The predicted molar refractivity (Wildman–Crippen MR) is 82.5 cm³/mol. The zero-order valence-electron chi connectivity index (χ0n) is 10.6. The van der Waals surface area contributed by atoms with Crippen molar-refractivity contribution in [3.8, 4) is 5.75 Å². The van der Waals surface area contributed by atoms with Crippen LogP contribution in [0.2, 0.25) is 9.36 Å². The Bertz CT molecular complexity index is 542. The maximum absolute atomic E-state index is 6.02. The number of nitrogens with one attached hydrogen (secondary N) is 1. The Morgan fingerprint density at radius 1 is 1.21 bits per heavy atom. The lowest BCUT2D eigenvalue weighted by molar-refractivity contribution is 0.305. The second-order valence-electron chi connectivity index (χ2n) is 4.03. The molecule has 0 saturated carbocycles. The van der Waals surface area contributed by atoms with Gasteiger partial charge in [-0.15, -0.1) is 11.3 Å². The summed E-state index contributed by atoms with van der Waals surface area (Å²) in [5, 5.41) is 4.00. The number of benzene rings is 1. The first-order valence-electron chi connectivity index (χ1n) is 6.05. The molecule has 0 amide bonds. The molecular formula is C14H15Cl2NOS. The SMILES string of the molecule is CCNCc1cc(Cl)ccc1OCc1ccc(Cl)s1. The maximum atomic E-state index is 6.02. The Hall–Kier alpha value is -0.740. The first-order valence-corrected chi connectivity index (χ1v) is 7.62. The Morgan fingerprint density at radius 2 is 2.05 bits per heavy atom. The van der Waals surface area contributed by atoms with Gasteiger partial charge in [0.15, 0.2) is 0 Å². The molecule has 1 aromatic carbocycles. The van der Waals surface area contributed by atoms with Gasteiger partial charge in [-0.2, -0.15) is 0 Å². The minimum Gasteiger partial charge on any atom is -0.488 e. The van der Waals surface area contributed by atoms with Crippen LogP contribution in [0.15, 0.2) is 30.3 Å². The van der Waals surface area contributed by atoms with Gasteiger partial charge in [-0.3, -0.25) is 0 Å². The van der Waals surface area contributed by atoms with Crippen LogP contribution >= 0.6 is 34.5 Å². The van der Waals surface area contributed by atoms with Gasteiger partial charge in [0.1, 0.15) is 12.4 Å². The molecule has 0 fully saturated rings. The summed E-state index contributed by atoms with van der Waals surface area (Å²) in [6.07, 6.45) is 0. The van der Waals surface area contributed by atoms with Crippen LogP contribution in [0.25, 0.3) is 0 Å². The molecule has 0 atom stereocenters. The Balaban J connectivity index is 2.05. The van der Waals surface area contributed by atoms with Crippen molar-refractivity contribution in [3.05, 3.63) is 50.1 Å². The molecule has 0 aliphatic carbocycles. The Labute approximate surface area is 127 Å². The number of ether oxygens (including phenoxy) is 1. The molecule has 0 aliphatic rings. The van der Waals surface area contributed by atoms with E-state index in [4.69, 9.17) is 27.9 Å². The van der Waals surface area contributed by atoms with E-state index in [-0.39, 0.29) is 0 Å². The van der Waals surface area contributed by atoms with Crippen LogP contribution in [0, 0.1) is 0 Å². The molecule has 0 saturated heterocycles. The van der Waals surface area contributed by atoms with Gasteiger partial charge in [-0.05, 0) is 36.9 Å². The zero-order chi connectivity index (χ0) is 13.7. The molecule has 2 rings (SSSR count). The molecule has 0 radical (unpaired) electrons. The molecule has 1 heterocycles. The second kappa shape index (κ2) is 7.15. The number of halogens is 2. The van der Waals surface area contributed by atoms with Crippen LogP contribution in [-0.2, 0) is 13.2 Å². The summed E-state index contributed by atoms with van der Waals surface area (Å²) >= 11 is 13.4. The van der Waals surface area contributed by atoms with Gasteiger partial charge >= 0.3 is 0 Å². The lowest BCUT2D eigenvalue weighted by Crippen LogP contribution is -2.12. The third kappa shape index (κ3) is 4.39. The first kappa shape index (κ1) is 14.7. The maximum Gasteiger partial charge on any atom is 0.124 e. The molecule has 0 aliphatic heterocycles. The van der Waals surface area contributed by atoms with Crippen LogP contribution in [-0.4, -0.2) is 6.54 Å². The van der Waals surface area contributed by atoms with Crippen molar-refractivity contribution in [2.75, 3.05) is 6.54 Å². The van der Waals surface area contributed by atoms with Gasteiger partial charge < -0.3 is 10.1 Å². The largest absolute Gasteiger partial charge is 0.488 e. The standard InChI is InChI=1S/C14H15Cl2NOS/c1-2-17-8-10-7-11(15)3-5-13(10)18-9-12-4-6-14(16)19-12/h3-7,17H,2,8-9H2,1H3. The average Bonchev–Trinajstić information content (AvgIpc) is 2.81. The Morgan fingerprint density at radius 3 is 2.74 bits per heavy atom. The van der Waals surface area contributed by atoms with Crippen molar-refractivity contribution in [2.24, 2.45) is 0 Å². The minimum absolute atomic E-state index is 0.526. The normalized spacial score (nSPS) is 10.7. The molecule has 1 N–H and O–H groups in total. The lowest BCUT2D eigenvalue weighted by Gasteiger charge is -2.11. The summed E-state index contributed by atoms with van der Waals surface area (Å²) in [6, 6.07) is 9.54. The van der Waals surface area contributed by atoms with Crippen LogP contribution in [0.3, 0.4) is 0 Å². The van der Waals surface area contributed by atoms with E-state index < -0.39 is 0 Å². The summed E-state index contributed by atoms with van der Waals surface area (Å²) < 4.78 is 6.62. The van der Waals surface area contributed by atoms with Crippen molar-refractivity contribution >= 4 is 34.5 Å². The molecule has 0 unspecified atom stereocenters. The second-order valence-corrected chi connectivity index (χ2v) is 6.26. The molecule has 2 nitrogen and oxygen atoms in total. The van der Waals surface area contributed by atoms with Crippen molar-refractivity contribution in [1.29, 1.82) is 0 Å². The highest BCUT2D eigenvalue weighted by molar-refractivity contribution is 7.16. The van der Waals surface area contributed by atoms with E-state index >= 15 is 0 Å². The summed E-state index contributed by atoms with van der Waals surface area (Å²) in [5.74, 6) is 0.856. The monoisotopic (exact) mass is 315 g/mol. The van der Waals surface area contributed by atoms with Gasteiger partial charge in [0.05, 0.1) is 4.34 Å². The molecule has 1 aromatic heterocycles. The summed E-state index contributed by atoms with van der Waals surface area (Å²) in [5.41, 5.74) is 1.07. The van der Waals surface area contributed by atoms with Crippen LogP contribution < -0.4 is 10.1 Å². The summed E-state index contributed by atoms with van der Waals surface area (Å²) in [4.78, 5) is 1.11. The van der Waals surface area contributed by atoms with Crippen molar-refractivity contribution in [3.63, 3.8) is 0 Å². The van der Waals surface area contributed by atoms with Crippen LogP contribution in [0.5, 0.6) is 5.75 Å². The van der Waals surface area contributed by atoms with E-state index in [1.54, 1.807) is 0 Å². The fraction of sp³-hybridized carbons (Fsp3) is 0.286. The van der Waals surface area contributed by atoms with Gasteiger partial charge in [-0.1, -0.05) is 30.1 Å². The fourth-order valence-electron chi connectivity index (χ4n) is 1.66. The zero-order valence-corrected chi connectivity index (χ0v) is 12.9. The van der Waals surface area contributed by atoms with Crippen LogP contribution in [0.1, 0.15) is 17.4 Å². The quantitative estimate of drug-likeness (QED) is 0.831. The van der Waals surface area contributed by atoms with E-state index in [2.05, 4.69) is 12.2 Å². The fourth-order valence-corrected chi connectivity index (χ4v) is 2.86. The average molecular weight is 316 g/mol. The third-order valence-electron chi connectivity index (χ3n) is 2.59. The van der Waals surface area contributed by atoms with E-state index in [1.165, 1.54) is 11.3 Å². The highest BCUT2D eigenvalue weighted by Gasteiger charge is 2.06. The highest BCUT2D eigenvalue weighted by atomic mass is 35.5. The highest BCUT2D eigenvalue weighted by Crippen LogP contribution is 2.26. The number of hydrogen-bond acceptors (Lipinski definition) is 3. The Kier molecular flexibility index (Phi) is 5.52. The van der Waals surface area contributed by atoms with Gasteiger partial charge in [0, 0.05) is 22.0 Å². The number of thiophene rings is 1. The lowest BCUT2D eigenvalue weighted by atomic mass is 10.2. The van der Waals surface area contributed by atoms with Gasteiger partial charge in [-0.25, -0.2) is 0 Å². The van der Waals surface area contributed by atoms with Crippen LogP contribution in [0.4, 0.5) is 0 Å². The summed E-state index contributed by atoms with van der Waals surface area (Å²) in [7, 11) is 0. The van der Waals surface area contributed by atoms with Gasteiger partial charge in [0.2, 0.25) is 0 Å². The molecule has 5 heteroatoms. The molecule has 0 bridgehead atoms. The van der Waals surface area contributed by atoms with E-state index in [9.17, 15) is 0 Å². The molecule has 102 valence electrons. The van der Waals surface area contributed by atoms with Crippen molar-refractivity contribution in [1.82, 2.24) is 5.32 Å². The van der Waals surface area contributed by atoms with E-state index in [0.717, 1.165) is 38.6 Å². The first-order chi connectivity index (χ1) is 9.19. The van der Waals surface area contributed by atoms with Gasteiger partial charge in [0.25, 0.3) is 0 Å². The smallest absolute Gasteiger partial charge is 0.124 e. The molecule has 19 heavy (non-hydrogen) atoms. The van der Waals surface area contributed by atoms with E-state index in [1.807, 2.05) is 30.3 Å². The van der Waals surface area contributed by atoms with Crippen molar-refractivity contribution < 1.29 is 4.74 Å². The molecule has 2 aromatic rings.